The van der Waals surface area contributed by atoms with Crippen LogP contribution in [0.2, 0.25) is 0 Å². The number of aryl methyl sites for hydroxylation is 1. The third-order valence-corrected chi connectivity index (χ3v) is 6.35. The topological polar surface area (TPSA) is 25.8 Å². The smallest absolute Gasteiger partial charge is 0.0978 e. The summed E-state index contributed by atoms with van der Waals surface area (Å²) in [5.74, 6) is 0. The summed E-state index contributed by atoms with van der Waals surface area (Å²) < 4.78 is 0. The molecule has 0 spiro atoms. The van der Waals surface area contributed by atoms with Crippen LogP contribution in [0.25, 0.3) is 50.1 Å². The molecule has 35 heavy (non-hydrogen) atoms. The van der Waals surface area contributed by atoms with Crippen molar-refractivity contribution in [3.8, 4) is 22.3 Å². The molecule has 0 atom stereocenters. The van der Waals surface area contributed by atoms with Gasteiger partial charge < -0.3 is 0 Å². The van der Waals surface area contributed by atoms with Gasteiger partial charge in [0.1, 0.15) is 0 Å². The Bertz CT molecular complexity index is 1610. The van der Waals surface area contributed by atoms with Gasteiger partial charge in [0.15, 0.2) is 0 Å². The quantitative estimate of drug-likeness (QED) is 0.183. The van der Waals surface area contributed by atoms with Gasteiger partial charge >= 0.3 is 0 Å². The molecule has 0 radical (unpaired) electrons. The Labute approximate surface area is 207 Å². The number of hydrogen-bond acceptors (Lipinski definition) is 2. The van der Waals surface area contributed by atoms with Crippen molar-refractivity contribution < 1.29 is 0 Å². The van der Waals surface area contributed by atoms with Crippen LogP contribution in [-0.2, 0) is 12.8 Å². The van der Waals surface area contributed by atoms with E-state index in [-0.39, 0.29) is 0 Å². The normalized spacial score (nSPS) is 11.0. The standard InChI is InChI=1S/C33H28N2/c1-5-10-23-12-8-14-25(19-23)30-18-22(4)34-32-28(30)16-17-29-31(21-27(7-3)35-33(29)32)26-15-9-13-24(20-26)11-6-2/h5-9,12-21H,1-3,10-11H2,4H3. The summed E-state index contributed by atoms with van der Waals surface area (Å²) >= 11 is 0. The van der Waals surface area contributed by atoms with Crippen LogP contribution < -0.4 is 0 Å². The minimum absolute atomic E-state index is 0.836. The van der Waals surface area contributed by atoms with Crippen molar-refractivity contribution in [2.24, 2.45) is 0 Å². The van der Waals surface area contributed by atoms with E-state index >= 15 is 0 Å². The maximum atomic E-state index is 4.98. The lowest BCUT2D eigenvalue weighted by atomic mass is 9.94. The van der Waals surface area contributed by atoms with Crippen LogP contribution in [0.4, 0.5) is 0 Å². The van der Waals surface area contributed by atoms with Crippen LogP contribution in [0, 0.1) is 6.92 Å². The molecule has 0 saturated carbocycles. The van der Waals surface area contributed by atoms with Gasteiger partial charge in [0, 0.05) is 16.5 Å². The Hall–Kier alpha value is -4.30. The molecule has 2 aromatic heterocycles. The fourth-order valence-corrected chi connectivity index (χ4v) is 4.77. The monoisotopic (exact) mass is 452 g/mol. The predicted molar refractivity (Wildman–Crippen MR) is 151 cm³/mol. The summed E-state index contributed by atoms with van der Waals surface area (Å²) in [6.07, 6.45) is 7.37. The van der Waals surface area contributed by atoms with E-state index < -0.39 is 0 Å². The average Bonchev–Trinajstić information content (AvgIpc) is 2.88. The van der Waals surface area contributed by atoms with Crippen molar-refractivity contribution in [3.63, 3.8) is 0 Å². The zero-order valence-corrected chi connectivity index (χ0v) is 20.1. The Kier molecular flexibility index (Phi) is 6.12. The van der Waals surface area contributed by atoms with Crippen LogP contribution >= 0.6 is 0 Å². The minimum atomic E-state index is 0.836. The second kappa shape index (κ2) is 9.52. The highest BCUT2D eigenvalue weighted by Gasteiger charge is 2.15. The first kappa shape index (κ1) is 22.5. The number of fused-ring (bicyclic) bond motifs is 3. The number of nitrogens with zero attached hydrogens (tertiary/aromatic N) is 2. The van der Waals surface area contributed by atoms with E-state index in [1.54, 1.807) is 0 Å². The molecule has 0 amide bonds. The molecule has 0 aliphatic carbocycles. The second-order valence-electron chi connectivity index (χ2n) is 8.85. The third-order valence-electron chi connectivity index (χ3n) is 6.35. The summed E-state index contributed by atoms with van der Waals surface area (Å²) in [4.78, 5) is 9.96. The van der Waals surface area contributed by atoms with E-state index in [2.05, 4.69) is 92.5 Å². The highest BCUT2D eigenvalue weighted by Crippen LogP contribution is 2.37. The van der Waals surface area contributed by atoms with Crippen LogP contribution in [0.3, 0.4) is 0 Å². The molecule has 0 N–H and O–H groups in total. The highest BCUT2D eigenvalue weighted by atomic mass is 14.8. The predicted octanol–water partition coefficient (Wildman–Crippen LogP) is 8.53. The van der Waals surface area contributed by atoms with Gasteiger partial charge in [-0.1, -0.05) is 79.4 Å². The fraction of sp³-hybridized carbons (Fsp3) is 0.0909. The molecular formula is C33H28N2. The Morgan fingerprint density at radius 3 is 1.74 bits per heavy atom. The van der Waals surface area contributed by atoms with E-state index in [9.17, 15) is 0 Å². The molecular weight excluding hydrogens is 424 g/mol. The Morgan fingerprint density at radius 2 is 1.20 bits per heavy atom. The van der Waals surface area contributed by atoms with Crippen molar-refractivity contribution >= 4 is 27.9 Å². The van der Waals surface area contributed by atoms with Crippen LogP contribution in [-0.4, -0.2) is 9.97 Å². The number of aromatic nitrogens is 2. The molecule has 0 bridgehead atoms. The average molecular weight is 453 g/mol. The van der Waals surface area contributed by atoms with Gasteiger partial charge in [-0.25, -0.2) is 4.98 Å². The zero-order valence-electron chi connectivity index (χ0n) is 20.1. The maximum Gasteiger partial charge on any atom is 0.0978 e. The van der Waals surface area contributed by atoms with Gasteiger partial charge in [0.2, 0.25) is 0 Å². The summed E-state index contributed by atoms with van der Waals surface area (Å²) in [6.45, 7) is 13.8. The molecule has 0 unspecified atom stereocenters. The number of pyridine rings is 2. The third kappa shape index (κ3) is 4.31. The summed E-state index contributed by atoms with van der Waals surface area (Å²) in [6, 6.07) is 25.9. The SMILES string of the molecule is C=CCc1cccc(-c2cc(C)nc3c2ccc2c(-c4cccc(CC=C)c4)cc(C=C)nc23)c1. The van der Waals surface area contributed by atoms with E-state index in [1.165, 1.54) is 22.3 Å². The van der Waals surface area contributed by atoms with Gasteiger partial charge in [-0.2, -0.15) is 0 Å². The minimum Gasteiger partial charge on any atom is -0.251 e. The van der Waals surface area contributed by atoms with Crippen molar-refractivity contribution in [1.82, 2.24) is 9.97 Å². The number of hydrogen-bond donors (Lipinski definition) is 0. The van der Waals surface area contributed by atoms with Crippen LogP contribution in [0.5, 0.6) is 0 Å². The molecule has 170 valence electrons. The summed E-state index contributed by atoms with van der Waals surface area (Å²) in [5.41, 5.74) is 10.7. The summed E-state index contributed by atoms with van der Waals surface area (Å²) in [5, 5.41) is 2.18. The van der Waals surface area contributed by atoms with Crippen LogP contribution in [0.1, 0.15) is 22.5 Å². The van der Waals surface area contributed by atoms with E-state index in [0.717, 1.165) is 57.2 Å². The van der Waals surface area contributed by atoms with Crippen molar-refractivity contribution in [2.45, 2.75) is 19.8 Å². The lowest BCUT2D eigenvalue weighted by Gasteiger charge is -2.14. The first-order valence-corrected chi connectivity index (χ1v) is 11.9. The first-order valence-electron chi connectivity index (χ1n) is 11.9. The zero-order chi connectivity index (χ0) is 24.4. The van der Waals surface area contributed by atoms with Gasteiger partial charge in [-0.15, -0.1) is 13.2 Å². The van der Waals surface area contributed by atoms with E-state index in [0.29, 0.717) is 0 Å². The van der Waals surface area contributed by atoms with Gasteiger partial charge in [0.05, 0.1) is 16.7 Å². The van der Waals surface area contributed by atoms with Gasteiger partial charge in [0.25, 0.3) is 0 Å². The lowest BCUT2D eigenvalue weighted by molar-refractivity contribution is 1.25. The van der Waals surface area contributed by atoms with Gasteiger partial charge in [-0.3, -0.25) is 4.98 Å². The molecule has 0 fully saturated rings. The molecule has 2 heteroatoms. The molecule has 2 heterocycles. The molecule has 5 aromatic rings. The highest BCUT2D eigenvalue weighted by molar-refractivity contribution is 6.12. The maximum absolute atomic E-state index is 4.98. The number of benzene rings is 3. The molecule has 5 rings (SSSR count). The largest absolute Gasteiger partial charge is 0.251 e. The van der Waals surface area contributed by atoms with Gasteiger partial charge in [-0.05, 0) is 71.4 Å². The molecule has 3 aromatic carbocycles. The fourth-order valence-electron chi connectivity index (χ4n) is 4.77. The molecule has 0 aliphatic rings. The number of rotatable bonds is 7. The second-order valence-corrected chi connectivity index (χ2v) is 8.85. The summed E-state index contributed by atoms with van der Waals surface area (Å²) in [7, 11) is 0. The molecule has 2 nitrogen and oxygen atoms in total. The van der Waals surface area contributed by atoms with Crippen molar-refractivity contribution in [2.75, 3.05) is 0 Å². The van der Waals surface area contributed by atoms with E-state index in [4.69, 9.17) is 9.97 Å². The Morgan fingerprint density at radius 1 is 0.657 bits per heavy atom. The molecule has 0 saturated heterocycles. The molecule has 0 aliphatic heterocycles. The van der Waals surface area contributed by atoms with Crippen molar-refractivity contribution in [3.05, 3.63) is 127 Å². The lowest BCUT2D eigenvalue weighted by Crippen LogP contribution is -1.95. The van der Waals surface area contributed by atoms with Crippen molar-refractivity contribution in [1.29, 1.82) is 0 Å². The Balaban J connectivity index is 1.80. The first-order chi connectivity index (χ1) is 17.1. The van der Waals surface area contributed by atoms with E-state index in [1.807, 2.05) is 25.2 Å². The number of allylic oxidation sites excluding steroid dienone is 2. The van der Waals surface area contributed by atoms with Crippen LogP contribution in [0.15, 0.2) is 105 Å².